The summed E-state index contributed by atoms with van der Waals surface area (Å²) in [4.78, 5) is 13.6. The van der Waals surface area contributed by atoms with E-state index in [2.05, 4.69) is 0 Å². The Morgan fingerprint density at radius 3 is 2.64 bits per heavy atom. The van der Waals surface area contributed by atoms with E-state index in [4.69, 9.17) is 17.3 Å². The van der Waals surface area contributed by atoms with Crippen molar-refractivity contribution in [1.29, 1.82) is 0 Å². The minimum absolute atomic E-state index is 0.146. The molecule has 9 heteroatoms. The maximum atomic E-state index is 12.3. The van der Waals surface area contributed by atoms with Gasteiger partial charge in [0, 0.05) is 29.6 Å². The lowest BCUT2D eigenvalue weighted by Gasteiger charge is -2.26. The number of halogens is 1. The number of aromatic hydroxyl groups is 1. The molecular weight excluding hydrogens is 402 g/mol. The summed E-state index contributed by atoms with van der Waals surface area (Å²) in [6.45, 7) is 2.65. The number of primary amides is 1. The molecule has 1 unspecified atom stereocenters. The molecule has 150 valence electrons. The highest BCUT2D eigenvalue weighted by atomic mass is 35.5. The highest BCUT2D eigenvalue weighted by Gasteiger charge is 2.32. The zero-order valence-electron chi connectivity index (χ0n) is 15.3. The van der Waals surface area contributed by atoms with Crippen LogP contribution in [0.4, 0.5) is 16.2 Å². The molecule has 3 rings (SSSR count). The Bertz CT molecular complexity index is 924. The molecule has 0 radical (unpaired) electrons. The Kier molecular flexibility index (Phi) is 6.24. The normalized spacial score (nSPS) is 18.2. The Labute approximate surface area is 171 Å². The molecule has 0 aromatic heterocycles. The third-order valence-corrected chi connectivity index (χ3v) is 6.10. The van der Waals surface area contributed by atoms with Crippen LogP contribution in [-0.4, -0.2) is 37.3 Å². The number of carbonyl (C=O) groups is 1. The molecule has 2 amide bonds. The van der Waals surface area contributed by atoms with Crippen LogP contribution >= 0.6 is 11.6 Å². The standard InChI is InChI=1S/C19H22ClN3O4S/c1-2-12-5-3-4-6-15(12)23(19(21)25)16-8-7-14(20)17(18(16)24)13-9-10-22(11-13)28(26)27/h3-8,13,24H,2,9-11H2,1H3,(H2,21,25)(H,26,27)/t13-/m0/s1. The summed E-state index contributed by atoms with van der Waals surface area (Å²) >= 11 is 4.27. The van der Waals surface area contributed by atoms with Crippen molar-refractivity contribution in [2.45, 2.75) is 25.7 Å². The molecule has 28 heavy (non-hydrogen) atoms. The molecule has 2 aromatic carbocycles. The van der Waals surface area contributed by atoms with E-state index in [9.17, 15) is 18.7 Å². The third-order valence-electron chi connectivity index (χ3n) is 5.00. The number of carbonyl (C=O) groups excluding carboxylic acids is 1. The van der Waals surface area contributed by atoms with Gasteiger partial charge in [-0.15, -0.1) is 0 Å². The van der Waals surface area contributed by atoms with E-state index in [0.717, 1.165) is 5.56 Å². The van der Waals surface area contributed by atoms with Crippen LogP contribution in [0.25, 0.3) is 0 Å². The number of amides is 2. The van der Waals surface area contributed by atoms with Crippen LogP contribution in [0.1, 0.15) is 30.4 Å². The maximum absolute atomic E-state index is 12.3. The van der Waals surface area contributed by atoms with Crippen LogP contribution in [0.5, 0.6) is 5.75 Å². The number of nitrogens with two attached hydrogens (primary N) is 1. The molecule has 0 saturated carbocycles. The Hall–Kier alpha value is -2.13. The van der Waals surface area contributed by atoms with Gasteiger partial charge in [0.25, 0.3) is 0 Å². The van der Waals surface area contributed by atoms with Gasteiger partial charge in [-0.25, -0.2) is 13.3 Å². The number of urea groups is 1. The molecule has 1 fully saturated rings. The van der Waals surface area contributed by atoms with Crippen molar-refractivity contribution in [2.24, 2.45) is 5.73 Å². The summed E-state index contributed by atoms with van der Waals surface area (Å²) in [5.41, 5.74) is 7.83. The first-order valence-electron chi connectivity index (χ1n) is 8.89. The van der Waals surface area contributed by atoms with E-state index in [1.807, 2.05) is 19.1 Å². The van der Waals surface area contributed by atoms with Gasteiger partial charge in [-0.1, -0.05) is 36.7 Å². The number of aryl methyl sites for hydroxylation is 1. The quantitative estimate of drug-likeness (QED) is 0.636. The zero-order valence-corrected chi connectivity index (χ0v) is 16.9. The molecule has 7 nitrogen and oxygen atoms in total. The largest absolute Gasteiger partial charge is 0.505 e. The van der Waals surface area contributed by atoms with Crippen molar-refractivity contribution < 1.29 is 18.7 Å². The van der Waals surface area contributed by atoms with Crippen LogP contribution in [0, 0.1) is 0 Å². The number of nitrogens with zero attached hydrogens (tertiary/aromatic N) is 2. The van der Waals surface area contributed by atoms with Gasteiger partial charge in [0.1, 0.15) is 5.75 Å². The fourth-order valence-corrected chi connectivity index (χ4v) is 4.52. The Morgan fingerprint density at radius 2 is 2.04 bits per heavy atom. The second-order valence-corrected chi connectivity index (χ2v) is 7.97. The number of hydrogen-bond acceptors (Lipinski definition) is 3. The Balaban J connectivity index is 2.09. The second kappa shape index (κ2) is 8.48. The van der Waals surface area contributed by atoms with Crippen LogP contribution in [-0.2, 0) is 17.7 Å². The van der Waals surface area contributed by atoms with Gasteiger partial charge in [0.05, 0.1) is 11.4 Å². The SMILES string of the molecule is CCc1ccccc1N(C(N)=O)c1ccc(Cl)c([C@H]2CCN(S(=O)O)C2)c1O. The predicted octanol–water partition coefficient (Wildman–Crippen LogP) is 3.75. The molecule has 1 aliphatic heterocycles. The average Bonchev–Trinajstić information content (AvgIpc) is 3.14. The third kappa shape index (κ3) is 3.86. The molecule has 0 aliphatic carbocycles. The highest BCUT2D eigenvalue weighted by Crippen LogP contribution is 2.45. The van der Waals surface area contributed by atoms with Gasteiger partial charge in [-0.2, -0.15) is 0 Å². The topological polar surface area (TPSA) is 107 Å². The minimum atomic E-state index is -2.08. The maximum Gasteiger partial charge on any atom is 0.324 e. The average molecular weight is 424 g/mol. The second-order valence-electron chi connectivity index (χ2n) is 6.59. The van der Waals surface area contributed by atoms with E-state index >= 15 is 0 Å². The molecule has 0 bridgehead atoms. The van der Waals surface area contributed by atoms with Crippen molar-refractivity contribution in [2.75, 3.05) is 18.0 Å². The lowest BCUT2D eigenvalue weighted by Crippen LogP contribution is -2.32. The zero-order chi connectivity index (χ0) is 20.4. The first kappa shape index (κ1) is 20.6. The lowest BCUT2D eigenvalue weighted by molar-refractivity contribution is 0.256. The monoisotopic (exact) mass is 423 g/mol. The van der Waals surface area contributed by atoms with Gasteiger partial charge in [-0.05, 0) is 36.6 Å². The number of anilines is 2. The van der Waals surface area contributed by atoms with E-state index in [1.54, 1.807) is 24.3 Å². The molecular formula is C19H22ClN3O4S. The van der Waals surface area contributed by atoms with Crippen LogP contribution in [0.2, 0.25) is 5.02 Å². The number of rotatable bonds is 5. The van der Waals surface area contributed by atoms with Gasteiger partial charge in [0.2, 0.25) is 11.3 Å². The number of phenolic OH excluding ortho intramolecular Hbond substituents is 1. The first-order valence-corrected chi connectivity index (χ1v) is 10.3. The summed E-state index contributed by atoms with van der Waals surface area (Å²) in [5.74, 6) is -0.382. The van der Waals surface area contributed by atoms with Gasteiger partial charge in [0.15, 0.2) is 0 Å². The highest BCUT2D eigenvalue weighted by molar-refractivity contribution is 7.76. The van der Waals surface area contributed by atoms with E-state index in [0.29, 0.717) is 35.7 Å². The Morgan fingerprint density at radius 1 is 1.32 bits per heavy atom. The van der Waals surface area contributed by atoms with Crippen LogP contribution in [0.3, 0.4) is 0 Å². The van der Waals surface area contributed by atoms with E-state index < -0.39 is 17.3 Å². The van der Waals surface area contributed by atoms with E-state index in [1.165, 1.54) is 9.21 Å². The lowest BCUT2D eigenvalue weighted by atomic mass is 9.96. The van der Waals surface area contributed by atoms with Crippen molar-refractivity contribution in [3.05, 3.63) is 52.5 Å². The fraction of sp³-hybridized carbons (Fsp3) is 0.316. The number of phenols is 1. The minimum Gasteiger partial charge on any atom is -0.505 e. The van der Waals surface area contributed by atoms with Crippen LogP contribution in [0.15, 0.2) is 36.4 Å². The summed E-state index contributed by atoms with van der Waals surface area (Å²) in [5, 5.41) is 11.3. The molecule has 1 aliphatic rings. The van der Waals surface area contributed by atoms with Crippen LogP contribution < -0.4 is 10.6 Å². The van der Waals surface area contributed by atoms with Crippen molar-refractivity contribution in [3.8, 4) is 5.75 Å². The first-order chi connectivity index (χ1) is 13.3. The number of para-hydroxylation sites is 1. The summed E-state index contributed by atoms with van der Waals surface area (Å²) in [7, 11) is 0. The predicted molar refractivity (Wildman–Crippen MR) is 110 cm³/mol. The van der Waals surface area contributed by atoms with Crippen molar-refractivity contribution >= 4 is 40.3 Å². The molecule has 2 atom stereocenters. The number of benzene rings is 2. The van der Waals surface area contributed by atoms with E-state index in [-0.39, 0.29) is 23.9 Å². The van der Waals surface area contributed by atoms with Gasteiger partial charge >= 0.3 is 6.03 Å². The summed E-state index contributed by atoms with van der Waals surface area (Å²) in [6, 6.07) is 9.76. The summed E-state index contributed by atoms with van der Waals surface area (Å²) in [6.07, 6.45) is 1.24. The van der Waals surface area contributed by atoms with Gasteiger partial charge < -0.3 is 10.8 Å². The number of hydrogen-bond donors (Lipinski definition) is 3. The van der Waals surface area contributed by atoms with Gasteiger partial charge in [-0.3, -0.25) is 9.45 Å². The van der Waals surface area contributed by atoms with Crippen molar-refractivity contribution in [1.82, 2.24) is 4.31 Å². The molecule has 1 heterocycles. The summed E-state index contributed by atoms with van der Waals surface area (Å²) < 4.78 is 22.0. The smallest absolute Gasteiger partial charge is 0.324 e. The molecule has 4 N–H and O–H groups in total. The molecule has 0 spiro atoms. The molecule has 2 aromatic rings. The van der Waals surface area contributed by atoms with Crippen molar-refractivity contribution in [3.63, 3.8) is 0 Å². The molecule has 1 saturated heterocycles. The fourth-order valence-electron chi connectivity index (χ4n) is 3.64.